The molecule has 0 radical (unpaired) electrons. The van der Waals surface area contributed by atoms with Gasteiger partial charge in [0.05, 0.1) is 0 Å². The summed E-state index contributed by atoms with van der Waals surface area (Å²) in [7, 11) is -1.75. The standard InChI is InChI=1S/C12H24O2Si/c1-12(2,3)15(4,5)14-11-9-7-6-8-10(11)13/h11H,6-9H2,1-5H3. The van der Waals surface area contributed by atoms with Crippen LogP contribution < -0.4 is 0 Å². The fourth-order valence-corrected chi connectivity index (χ4v) is 2.92. The lowest BCUT2D eigenvalue weighted by Crippen LogP contribution is -2.46. The summed E-state index contributed by atoms with van der Waals surface area (Å²) in [6, 6.07) is 0. The first-order chi connectivity index (χ1) is 6.74. The second-order valence-corrected chi connectivity index (χ2v) is 10.8. The van der Waals surface area contributed by atoms with Crippen LogP contribution in [0.4, 0.5) is 0 Å². The third-order valence-corrected chi connectivity index (χ3v) is 8.23. The van der Waals surface area contributed by atoms with Gasteiger partial charge in [0.15, 0.2) is 14.1 Å². The van der Waals surface area contributed by atoms with Gasteiger partial charge in [0.2, 0.25) is 0 Å². The summed E-state index contributed by atoms with van der Waals surface area (Å²) < 4.78 is 6.14. The van der Waals surface area contributed by atoms with E-state index in [0.717, 1.165) is 25.7 Å². The van der Waals surface area contributed by atoms with E-state index in [0.29, 0.717) is 5.78 Å². The Kier molecular flexibility index (Phi) is 3.77. The maximum Gasteiger partial charge on any atom is 0.193 e. The van der Waals surface area contributed by atoms with E-state index in [1.807, 2.05) is 0 Å². The van der Waals surface area contributed by atoms with Crippen LogP contribution in [0, 0.1) is 0 Å². The second kappa shape index (κ2) is 4.38. The van der Waals surface area contributed by atoms with Crippen LogP contribution in [0.2, 0.25) is 18.1 Å². The number of ketones is 1. The van der Waals surface area contributed by atoms with Crippen molar-refractivity contribution in [1.82, 2.24) is 0 Å². The molecule has 2 nitrogen and oxygen atoms in total. The van der Waals surface area contributed by atoms with Crippen LogP contribution in [0.25, 0.3) is 0 Å². The van der Waals surface area contributed by atoms with Gasteiger partial charge < -0.3 is 4.43 Å². The van der Waals surface area contributed by atoms with Gasteiger partial charge in [0.1, 0.15) is 6.10 Å². The molecule has 0 spiro atoms. The maximum atomic E-state index is 11.7. The Labute approximate surface area is 94.5 Å². The number of hydrogen-bond donors (Lipinski definition) is 0. The van der Waals surface area contributed by atoms with E-state index in [1.165, 1.54) is 0 Å². The van der Waals surface area contributed by atoms with E-state index in [4.69, 9.17) is 4.43 Å². The molecule has 1 fully saturated rings. The van der Waals surface area contributed by atoms with Crippen LogP contribution >= 0.6 is 0 Å². The van der Waals surface area contributed by atoms with Crippen molar-refractivity contribution in [1.29, 1.82) is 0 Å². The lowest BCUT2D eigenvalue weighted by Gasteiger charge is -2.39. The van der Waals surface area contributed by atoms with Gasteiger partial charge in [0, 0.05) is 6.42 Å². The number of Topliss-reactive ketones (excluding diaryl/α,β-unsaturated/α-hetero) is 1. The molecule has 1 atom stereocenters. The highest BCUT2D eigenvalue weighted by molar-refractivity contribution is 6.74. The van der Waals surface area contributed by atoms with Crippen molar-refractivity contribution in [2.45, 2.75) is 70.7 Å². The summed E-state index contributed by atoms with van der Waals surface area (Å²) >= 11 is 0. The van der Waals surface area contributed by atoms with E-state index in [9.17, 15) is 4.79 Å². The Morgan fingerprint density at radius 2 is 1.87 bits per heavy atom. The van der Waals surface area contributed by atoms with Gasteiger partial charge in [0.25, 0.3) is 0 Å². The van der Waals surface area contributed by atoms with Crippen LogP contribution in [0.5, 0.6) is 0 Å². The predicted octanol–water partition coefficient (Wildman–Crippen LogP) is 3.52. The minimum absolute atomic E-state index is 0.0976. The molecule has 15 heavy (non-hydrogen) atoms. The zero-order chi connectivity index (χ0) is 11.7. The summed E-state index contributed by atoms with van der Waals surface area (Å²) in [6.07, 6.45) is 3.76. The second-order valence-electron chi connectivity index (χ2n) is 6.08. The van der Waals surface area contributed by atoms with Crippen LogP contribution in [-0.2, 0) is 9.22 Å². The number of rotatable bonds is 2. The Morgan fingerprint density at radius 3 is 2.33 bits per heavy atom. The van der Waals surface area contributed by atoms with Crippen molar-refractivity contribution in [3.05, 3.63) is 0 Å². The zero-order valence-electron chi connectivity index (χ0n) is 10.7. The first-order valence-corrected chi connectivity index (χ1v) is 8.85. The molecule has 3 heteroatoms. The van der Waals surface area contributed by atoms with E-state index < -0.39 is 8.32 Å². The minimum atomic E-state index is -1.75. The molecule has 0 saturated heterocycles. The first-order valence-electron chi connectivity index (χ1n) is 5.94. The number of carbonyl (C=O) groups is 1. The van der Waals surface area contributed by atoms with E-state index in [2.05, 4.69) is 33.9 Å². The molecule has 1 rings (SSSR count). The number of carbonyl (C=O) groups excluding carboxylic acids is 1. The van der Waals surface area contributed by atoms with Crippen molar-refractivity contribution in [2.24, 2.45) is 0 Å². The molecule has 0 amide bonds. The molecule has 1 saturated carbocycles. The molecular formula is C12H24O2Si. The maximum absolute atomic E-state index is 11.7. The summed E-state index contributed by atoms with van der Waals surface area (Å²) in [6.45, 7) is 11.1. The van der Waals surface area contributed by atoms with Crippen molar-refractivity contribution < 1.29 is 9.22 Å². The van der Waals surface area contributed by atoms with Gasteiger partial charge in [-0.2, -0.15) is 0 Å². The largest absolute Gasteiger partial charge is 0.407 e. The average Bonchev–Trinajstić information content (AvgIpc) is 2.06. The molecule has 88 valence electrons. The summed E-state index contributed by atoms with van der Waals surface area (Å²) in [5, 5.41) is 0.199. The molecule has 1 unspecified atom stereocenters. The van der Waals surface area contributed by atoms with Crippen molar-refractivity contribution in [3.63, 3.8) is 0 Å². The molecular weight excluding hydrogens is 204 g/mol. The number of hydrogen-bond acceptors (Lipinski definition) is 2. The summed E-state index contributed by atoms with van der Waals surface area (Å²) in [5.74, 6) is 0.325. The van der Waals surface area contributed by atoms with Gasteiger partial charge in [-0.1, -0.05) is 27.2 Å². The molecule has 0 N–H and O–H groups in total. The Balaban J connectivity index is 2.63. The van der Waals surface area contributed by atoms with Gasteiger partial charge in [-0.15, -0.1) is 0 Å². The lowest BCUT2D eigenvalue weighted by molar-refractivity contribution is -0.128. The molecule has 1 aliphatic carbocycles. The minimum Gasteiger partial charge on any atom is -0.407 e. The Bertz CT molecular complexity index is 240. The molecule has 0 aromatic rings. The SMILES string of the molecule is CC(C)(C)[Si](C)(C)OC1CCCCC1=O. The van der Waals surface area contributed by atoms with Gasteiger partial charge in [-0.3, -0.25) is 4.79 Å². The monoisotopic (exact) mass is 228 g/mol. The lowest BCUT2D eigenvalue weighted by atomic mass is 9.97. The zero-order valence-corrected chi connectivity index (χ0v) is 11.7. The topological polar surface area (TPSA) is 26.3 Å². The third-order valence-electron chi connectivity index (χ3n) is 3.74. The van der Waals surface area contributed by atoms with Crippen molar-refractivity contribution in [2.75, 3.05) is 0 Å². The van der Waals surface area contributed by atoms with Gasteiger partial charge in [-0.05, 0) is 31.0 Å². The van der Waals surface area contributed by atoms with Gasteiger partial charge >= 0.3 is 0 Å². The van der Waals surface area contributed by atoms with Crippen molar-refractivity contribution in [3.8, 4) is 0 Å². The fourth-order valence-electron chi connectivity index (χ4n) is 1.61. The third kappa shape index (κ3) is 3.15. The highest BCUT2D eigenvalue weighted by atomic mass is 28.4. The van der Waals surface area contributed by atoms with Crippen LogP contribution in [0.3, 0.4) is 0 Å². The van der Waals surface area contributed by atoms with E-state index >= 15 is 0 Å². The van der Waals surface area contributed by atoms with E-state index in [-0.39, 0.29) is 11.1 Å². The van der Waals surface area contributed by atoms with Gasteiger partial charge in [-0.25, -0.2) is 0 Å². The van der Waals surface area contributed by atoms with Crippen LogP contribution in [0.15, 0.2) is 0 Å². The quantitative estimate of drug-likeness (QED) is 0.676. The molecule has 0 aromatic carbocycles. The molecule has 0 bridgehead atoms. The molecule has 0 aliphatic heterocycles. The van der Waals surface area contributed by atoms with Crippen molar-refractivity contribution >= 4 is 14.1 Å². The highest BCUT2D eigenvalue weighted by Crippen LogP contribution is 2.38. The Hall–Kier alpha value is -0.153. The Morgan fingerprint density at radius 1 is 1.27 bits per heavy atom. The normalized spacial score (nSPS) is 24.3. The molecule has 1 aliphatic rings. The average molecular weight is 228 g/mol. The first kappa shape index (κ1) is 12.9. The highest BCUT2D eigenvalue weighted by Gasteiger charge is 2.40. The fraction of sp³-hybridized carbons (Fsp3) is 0.917. The van der Waals surface area contributed by atoms with E-state index in [1.54, 1.807) is 0 Å². The smallest absolute Gasteiger partial charge is 0.193 e. The summed E-state index contributed by atoms with van der Waals surface area (Å²) in [4.78, 5) is 11.7. The van der Waals surface area contributed by atoms with Crippen LogP contribution in [-0.4, -0.2) is 20.2 Å². The molecule has 0 heterocycles. The van der Waals surface area contributed by atoms with Crippen LogP contribution in [0.1, 0.15) is 46.5 Å². The molecule has 0 aromatic heterocycles. The predicted molar refractivity (Wildman–Crippen MR) is 65.5 cm³/mol. The summed E-state index contributed by atoms with van der Waals surface area (Å²) in [5.41, 5.74) is 0.